The number of carbonyl (C=O) groups is 2. The fourth-order valence-electron chi connectivity index (χ4n) is 2.62. The summed E-state index contributed by atoms with van der Waals surface area (Å²) in [6.45, 7) is 0. The van der Waals surface area contributed by atoms with E-state index in [1.165, 1.54) is 0 Å². The highest BCUT2D eigenvalue weighted by Crippen LogP contribution is 2.38. The van der Waals surface area contributed by atoms with Gasteiger partial charge in [0.2, 0.25) is 0 Å². The van der Waals surface area contributed by atoms with Gasteiger partial charge in [-0.3, -0.25) is 9.69 Å². The Morgan fingerprint density at radius 2 is 1.96 bits per heavy atom. The number of benzene rings is 2. The molecule has 7 heteroatoms. The summed E-state index contributed by atoms with van der Waals surface area (Å²) in [6.07, 6.45) is 1.69. The van der Waals surface area contributed by atoms with Crippen LogP contribution in [0.1, 0.15) is 17.2 Å². The maximum Gasteiger partial charge on any atom is 0.331 e. The summed E-state index contributed by atoms with van der Waals surface area (Å²) in [6, 6.07) is 14.7. The number of methoxy groups -OCH3 is 1. The standard InChI is InChI=1S/C19H15NO4S2/c1-24-14-9-5-6-12(10-14)11-15-17(21)20(19(25)26-15)16(18(22)23)13-7-3-2-4-8-13/h2-11,16H,1H3,(H,22,23)/b15-11-/t16-/m0/s1. The molecule has 2 aromatic carbocycles. The Balaban J connectivity index is 1.95. The number of aliphatic carboxylic acids is 1. The van der Waals surface area contributed by atoms with E-state index in [2.05, 4.69) is 0 Å². The van der Waals surface area contributed by atoms with E-state index in [0.717, 1.165) is 22.2 Å². The van der Waals surface area contributed by atoms with Gasteiger partial charge in [-0.05, 0) is 29.3 Å². The molecule has 0 unspecified atom stereocenters. The smallest absolute Gasteiger partial charge is 0.331 e. The lowest BCUT2D eigenvalue weighted by molar-refractivity contribution is -0.145. The number of thiocarbonyl (C=S) groups is 1. The molecule has 132 valence electrons. The predicted molar refractivity (Wildman–Crippen MR) is 105 cm³/mol. The van der Waals surface area contributed by atoms with Crippen molar-refractivity contribution < 1.29 is 19.4 Å². The van der Waals surface area contributed by atoms with Crippen molar-refractivity contribution >= 4 is 46.3 Å². The minimum atomic E-state index is -1.15. The predicted octanol–water partition coefficient (Wildman–Crippen LogP) is 3.72. The molecule has 1 aliphatic rings. The van der Waals surface area contributed by atoms with Crippen LogP contribution in [0.2, 0.25) is 0 Å². The van der Waals surface area contributed by atoms with Crippen LogP contribution in [0.15, 0.2) is 59.5 Å². The highest BCUT2D eigenvalue weighted by atomic mass is 32.2. The highest BCUT2D eigenvalue weighted by molar-refractivity contribution is 8.26. The third kappa shape index (κ3) is 3.63. The van der Waals surface area contributed by atoms with E-state index in [-0.39, 0.29) is 4.32 Å². The van der Waals surface area contributed by atoms with Crippen LogP contribution in [0.5, 0.6) is 5.75 Å². The van der Waals surface area contributed by atoms with Crippen LogP contribution >= 0.6 is 24.0 Å². The van der Waals surface area contributed by atoms with Crippen LogP contribution in [-0.2, 0) is 9.59 Å². The average molecular weight is 385 g/mol. The van der Waals surface area contributed by atoms with Crippen LogP contribution in [0.25, 0.3) is 6.08 Å². The monoisotopic (exact) mass is 385 g/mol. The zero-order chi connectivity index (χ0) is 18.7. The molecular formula is C19H15NO4S2. The molecule has 0 spiro atoms. The van der Waals surface area contributed by atoms with Crippen molar-refractivity contribution in [2.75, 3.05) is 7.11 Å². The molecular weight excluding hydrogens is 370 g/mol. The fourth-order valence-corrected chi connectivity index (χ4v) is 3.94. The van der Waals surface area contributed by atoms with Gasteiger partial charge in [0.1, 0.15) is 10.1 Å². The van der Waals surface area contributed by atoms with E-state index in [0.29, 0.717) is 16.2 Å². The molecule has 1 saturated heterocycles. The van der Waals surface area contributed by atoms with E-state index in [1.54, 1.807) is 55.7 Å². The van der Waals surface area contributed by atoms with Gasteiger partial charge in [0.25, 0.3) is 5.91 Å². The minimum Gasteiger partial charge on any atom is -0.497 e. The SMILES string of the molecule is COc1cccc(/C=C2\SC(=S)N([C@H](C(=O)O)c3ccccc3)C2=O)c1. The lowest BCUT2D eigenvalue weighted by atomic mass is 10.1. The Morgan fingerprint density at radius 3 is 2.62 bits per heavy atom. The van der Waals surface area contributed by atoms with Crippen LogP contribution in [0.3, 0.4) is 0 Å². The molecule has 0 radical (unpaired) electrons. The van der Waals surface area contributed by atoms with Crippen LogP contribution in [0, 0.1) is 0 Å². The molecule has 0 saturated carbocycles. The first kappa shape index (κ1) is 18.2. The molecule has 1 fully saturated rings. The second-order valence-corrected chi connectivity index (χ2v) is 7.16. The quantitative estimate of drug-likeness (QED) is 0.625. The summed E-state index contributed by atoms with van der Waals surface area (Å²) in [7, 11) is 1.57. The van der Waals surface area contributed by atoms with Gasteiger partial charge < -0.3 is 9.84 Å². The summed E-state index contributed by atoms with van der Waals surface area (Å²) in [4.78, 5) is 26.2. The maximum absolute atomic E-state index is 12.8. The lowest BCUT2D eigenvalue weighted by Crippen LogP contribution is -2.37. The number of rotatable bonds is 5. The van der Waals surface area contributed by atoms with Gasteiger partial charge in [0.05, 0.1) is 12.0 Å². The fraction of sp³-hybridized carbons (Fsp3) is 0.105. The number of carbonyl (C=O) groups excluding carboxylic acids is 1. The van der Waals surface area contributed by atoms with E-state index in [4.69, 9.17) is 17.0 Å². The van der Waals surface area contributed by atoms with Gasteiger partial charge in [-0.1, -0.05) is 66.4 Å². The molecule has 3 rings (SSSR count). The zero-order valence-electron chi connectivity index (χ0n) is 13.8. The van der Waals surface area contributed by atoms with Crippen molar-refractivity contribution in [3.05, 3.63) is 70.6 Å². The van der Waals surface area contributed by atoms with Gasteiger partial charge in [0, 0.05) is 0 Å². The van der Waals surface area contributed by atoms with Gasteiger partial charge in [0.15, 0.2) is 6.04 Å². The molecule has 2 aromatic rings. The maximum atomic E-state index is 12.8. The summed E-state index contributed by atoms with van der Waals surface area (Å²) >= 11 is 6.39. The number of nitrogens with zero attached hydrogens (tertiary/aromatic N) is 1. The second-order valence-electron chi connectivity index (χ2n) is 5.48. The van der Waals surface area contributed by atoms with Crippen molar-refractivity contribution in [3.8, 4) is 5.75 Å². The van der Waals surface area contributed by atoms with Gasteiger partial charge in [-0.2, -0.15) is 0 Å². The van der Waals surface area contributed by atoms with E-state index in [9.17, 15) is 14.7 Å². The number of amides is 1. The van der Waals surface area contributed by atoms with E-state index < -0.39 is 17.9 Å². The van der Waals surface area contributed by atoms with Gasteiger partial charge >= 0.3 is 5.97 Å². The van der Waals surface area contributed by atoms with E-state index >= 15 is 0 Å². The number of hydrogen-bond acceptors (Lipinski definition) is 5. The number of hydrogen-bond donors (Lipinski definition) is 1. The minimum absolute atomic E-state index is 0.223. The molecule has 1 aliphatic heterocycles. The normalized spacial score (nSPS) is 16.8. The lowest BCUT2D eigenvalue weighted by Gasteiger charge is -2.23. The Morgan fingerprint density at radius 1 is 1.23 bits per heavy atom. The van der Waals surface area contributed by atoms with Gasteiger partial charge in [-0.25, -0.2) is 4.79 Å². The van der Waals surface area contributed by atoms with Crippen LogP contribution < -0.4 is 4.74 Å². The third-order valence-corrected chi connectivity index (χ3v) is 5.15. The van der Waals surface area contributed by atoms with Crippen molar-refractivity contribution in [1.82, 2.24) is 4.90 Å². The molecule has 1 atom stereocenters. The highest BCUT2D eigenvalue weighted by Gasteiger charge is 2.41. The summed E-state index contributed by atoms with van der Waals surface area (Å²) in [5, 5.41) is 9.67. The second kappa shape index (κ2) is 7.72. The first-order valence-corrected chi connectivity index (χ1v) is 8.92. The molecule has 5 nitrogen and oxygen atoms in total. The molecule has 0 aromatic heterocycles. The third-order valence-electron chi connectivity index (χ3n) is 3.82. The van der Waals surface area contributed by atoms with Gasteiger partial charge in [-0.15, -0.1) is 0 Å². The van der Waals surface area contributed by atoms with Crippen molar-refractivity contribution in [1.29, 1.82) is 0 Å². The first-order valence-electron chi connectivity index (χ1n) is 7.70. The van der Waals surface area contributed by atoms with Crippen LogP contribution in [0.4, 0.5) is 0 Å². The Bertz CT molecular complexity index is 895. The molecule has 0 aliphatic carbocycles. The molecule has 26 heavy (non-hydrogen) atoms. The first-order chi connectivity index (χ1) is 12.5. The molecule has 1 heterocycles. The molecule has 1 N–H and O–H groups in total. The Labute approximate surface area is 160 Å². The van der Waals surface area contributed by atoms with Crippen LogP contribution in [-0.4, -0.2) is 33.3 Å². The molecule has 1 amide bonds. The van der Waals surface area contributed by atoms with Crippen molar-refractivity contribution in [3.63, 3.8) is 0 Å². The number of carboxylic acids is 1. The van der Waals surface area contributed by atoms with Crippen molar-refractivity contribution in [2.45, 2.75) is 6.04 Å². The largest absolute Gasteiger partial charge is 0.497 e. The average Bonchev–Trinajstić information content (AvgIpc) is 2.90. The Kier molecular flexibility index (Phi) is 5.39. The van der Waals surface area contributed by atoms with Crippen molar-refractivity contribution in [2.24, 2.45) is 0 Å². The number of ether oxygens (including phenoxy) is 1. The number of carboxylic acid groups (broad SMARTS) is 1. The summed E-state index contributed by atoms with van der Waals surface area (Å²) in [5.41, 5.74) is 1.27. The van der Waals surface area contributed by atoms with E-state index in [1.807, 2.05) is 12.1 Å². The topological polar surface area (TPSA) is 66.8 Å². The summed E-state index contributed by atoms with van der Waals surface area (Å²) in [5.74, 6) is -0.879. The number of thioether (sulfide) groups is 1. The molecule has 0 bridgehead atoms. The zero-order valence-corrected chi connectivity index (χ0v) is 15.4. The summed E-state index contributed by atoms with van der Waals surface area (Å²) < 4.78 is 5.40. The Hall–Kier alpha value is -2.64.